The molecule has 1 heterocycles. The number of benzene rings is 1. The molecule has 9 heteroatoms. The number of terminal acetylenes is 1. The Balaban J connectivity index is 0.00000187. The van der Waals surface area contributed by atoms with Crippen molar-refractivity contribution in [2.75, 3.05) is 11.4 Å². The van der Waals surface area contributed by atoms with Crippen molar-refractivity contribution in [3.8, 4) is 18.9 Å². The van der Waals surface area contributed by atoms with Crippen molar-refractivity contribution in [1.82, 2.24) is 9.71 Å². The van der Waals surface area contributed by atoms with E-state index >= 15 is 0 Å². The molecule has 1 aliphatic carbocycles. The van der Waals surface area contributed by atoms with Crippen LogP contribution in [0.15, 0.2) is 41.4 Å². The first-order valence-electron chi connectivity index (χ1n) is 10.5. The van der Waals surface area contributed by atoms with Gasteiger partial charge in [-0.3, -0.25) is 9.71 Å². The number of aromatic nitrogens is 1. The molecule has 1 aromatic carbocycles. The van der Waals surface area contributed by atoms with Gasteiger partial charge in [0.2, 0.25) is 0 Å². The standard InChI is InChI=1S/C22H24F4N4S.C2H2/c23-17-7-6-16(10-11-27)21(12-17)30(19-4-2-1-3-5-19)14-18-8-9-20(13-28-18)31-29-15-22(24,25)26;1-2/h6-9,12-13,19,29H,1-5,10,14-15H2;1-2H. The minimum atomic E-state index is -4.27. The fourth-order valence-electron chi connectivity index (χ4n) is 3.78. The van der Waals surface area contributed by atoms with Crippen LogP contribution in [0.2, 0.25) is 0 Å². The zero-order valence-electron chi connectivity index (χ0n) is 18.1. The van der Waals surface area contributed by atoms with Crippen molar-refractivity contribution in [2.45, 2.75) is 62.2 Å². The maximum Gasteiger partial charge on any atom is 0.402 e. The molecule has 0 radical (unpaired) electrons. The highest BCUT2D eigenvalue weighted by molar-refractivity contribution is 7.97. The Kier molecular flexibility index (Phi) is 10.5. The molecule has 0 unspecified atom stereocenters. The summed E-state index contributed by atoms with van der Waals surface area (Å²) >= 11 is 0.879. The molecule has 0 atom stereocenters. The molecule has 0 spiro atoms. The van der Waals surface area contributed by atoms with Gasteiger partial charge in [-0.1, -0.05) is 25.3 Å². The first-order valence-corrected chi connectivity index (χ1v) is 11.3. The lowest BCUT2D eigenvalue weighted by molar-refractivity contribution is -0.120. The Bertz CT molecular complexity index is 932. The quantitative estimate of drug-likeness (QED) is 0.285. The summed E-state index contributed by atoms with van der Waals surface area (Å²) in [6.07, 6.45) is 10.8. The molecule has 1 aliphatic rings. The van der Waals surface area contributed by atoms with Crippen LogP contribution in [0.3, 0.4) is 0 Å². The second kappa shape index (κ2) is 13.1. The van der Waals surface area contributed by atoms with Crippen LogP contribution in [0.1, 0.15) is 43.4 Å². The molecule has 0 bridgehead atoms. The van der Waals surface area contributed by atoms with Crippen LogP contribution >= 0.6 is 11.9 Å². The molecule has 176 valence electrons. The lowest BCUT2D eigenvalue weighted by Gasteiger charge is -2.37. The van der Waals surface area contributed by atoms with Crippen LogP contribution < -0.4 is 9.62 Å². The summed E-state index contributed by atoms with van der Waals surface area (Å²) in [6, 6.07) is 10.4. The Hall–Kier alpha value is -2.75. The summed E-state index contributed by atoms with van der Waals surface area (Å²) in [4.78, 5) is 7.12. The number of alkyl halides is 3. The smallest absolute Gasteiger partial charge is 0.362 e. The number of hydrogen-bond acceptors (Lipinski definition) is 5. The summed E-state index contributed by atoms with van der Waals surface area (Å²) in [5.74, 6) is -0.354. The fourth-order valence-corrected chi connectivity index (χ4v) is 4.43. The van der Waals surface area contributed by atoms with E-state index in [1.54, 1.807) is 18.2 Å². The molecule has 1 fully saturated rings. The van der Waals surface area contributed by atoms with Crippen molar-refractivity contribution in [3.63, 3.8) is 0 Å². The average molecular weight is 479 g/mol. The minimum absolute atomic E-state index is 0.187. The molecule has 4 nitrogen and oxygen atoms in total. The largest absolute Gasteiger partial charge is 0.402 e. The van der Waals surface area contributed by atoms with E-state index in [-0.39, 0.29) is 18.3 Å². The van der Waals surface area contributed by atoms with Gasteiger partial charge in [0.25, 0.3) is 0 Å². The normalized spacial score (nSPS) is 14.1. The van der Waals surface area contributed by atoms with E-state index < -0.39 is 12.7 Å². The lowest BCUT2D eigenvalue weighted by atomic mass is 9.93. The fraction of sp³-hybridized carbons (Fsp3) is 0.417. The topological polar surface area (TPSA) is 52.0 Å². The predicted octanol–water partition coefficient (Wildman–Crippen LogP) is 6.03. The van der Waals surface area contributed by atoms with Gasteiger partial charge in [-0.05, 0) is 54.6 Å². The molecule has 1 saturated carbocycles. The van der Waals surface area contributed by atoms with E-state index in [0.717, 1.165) is 48.9 Å². The van der Waals surface area contributed by atoms with Gasteiger partial charge in [0.15, 0.2) is 0 Å². The number of halogens is 4. The number of nitrogens with zero attached hydrogens (tertiary/aromatic N) is 3. The highest BCUT2D eigenvalue weighted by atomic mass is 32.2. The second-order valence-electron chi connectivity index (χ2n) is 7.55. The van der Waals surface area contributed by atoms with Gasteiger partial charge in [-0.2, -0.15) is 18.4 Å². The average Bonchev–Trinajstić information content (AvgIpc) is 2.81. The van der Waals surface area contributed by atoms with Crippen LogP contribution in [0.4, 0.5) is 23.2 Å². The van der Waals surface area contributed by atoms with Crippen molar-refractivity contribution in [1.29, 1.82) is 5.26 Å². The molecular formula is C24H26F4N4S. The van der Waals surface area contributed by atoms with Crippen molar-refractivity contribution in [3.05, 3.63) is 53.6 Å². The number of pyridine rings is 1. The van der Waals surface area contributed by atoms with Gasteiger partial charge in [0.05, 0.1) is 24.7 Å². The third kappa shape index (κ3) is 8.60. The Morgan fingerprint density at radius 2 is 1.88 bits per heavy atom. The molecule has 0 aliphatic heterocycles. The van der Waals surface area contributed by atoms with E-state index in [1.807, 2.05) is 0 Å². The Morgan fingerprint density at radius 1 is 1.15 bits per heavy atom. The van der Waals surface area contributed by atoms with Gasteiger partial charge in [0.1, 0.15) is 12.4 Å². The maximum absolute atomic E-state index is 14.1. The lowest BCUT2D eigenvalue weighted by Crippen LogP contribution is -2.37. The van der Waals surface area contributed by atoms with E-state index in [4.69, 9.17) is 0 Å². The molecule has 1 N–H and O–H groups in total. The van der Waals surface area contributed by atoms with E-state index in [0.29, 0.717) is 17.1 Å². The van der Waals surface area contributed by atoms with E-state index in [2.05, 4.69) is 33.5 Å². The maximum atomic E-state index is 14.1. The molecule has 0 amide bonds. The summed E-state index contributed by atoms with van der Waals surface area (Å²) in [6.45, 7) is -0.649. The molecular weight excluding hydrogens is 452 g/mol. The van der Waals surface area contributed by atoms with Gasteiger partial charge >= 0.3 is 6.18 Å². The summed E-state index contributed by atoms with van der Waals surface area (Å²) in [7, 11) is 0. The van der Waals surface area contributed by atoms with Crippen molar-refractivity contribution < 1.29 is 17.6 Å². The second-order valence-corrected chi connectivity index (χ2v) is 8.52. The van der Waals surface area contributed by atoms with Gasteiger partial charge in [-0.15, -0.1) is 12.8 Å². The number of nitriles is 1. The van der Waals surface area contributed by atoms with Crippen LogP contribution in [0.5, 0.6) is 0 Å². The molecule has 2 aromatic rings. The zero-order valence-corrected chi connectivity index (χ0v) is 18.9. The van der Waals surface area contributed by atoms with E-state index in [9.17, 15) is 22.8 Å². The SMILES string of the molecule is C#C.N#CCc1ccc(F)cc1N(Cc1ccc(SNCC(F)(F)F)cn1)C1CCCCC1. The van der Waals surface area contributed by atoms with Gasteiger partial charge in [-0.25, -0.2) is 4.39 Å². The highest BCUT2D eigenvalue weighted by Crippen LogP contribution is 2.32. The minimum Gasteiger partial charge on any atom is -0.362 e. The van der Waals surface area contributed by atoms with Crippen molar-refractivity contribution >= 4 is 17.6 Å². The van der Waals surface area contributed by atoms with Crippen LogP contribution in [-0.4, -0.2) is 23.7 Å². The zero-order chi connectivity index (χ0) is 24.3. The summed E-state index contributed by atoms with van der Waals surface area (Å²) in [5.41, 5.74) is 2.22. The van der Waals surface area contributed by atoms with E-state index in [1.165, 1.54) is 24.8 Å². The summed E-state index contributed by atoms with van der Waals surface area (Å²) in [5, 5.41) is 9.19. The Labute approximate surface area is 196 Å². The number of rotatable bonds is 8. The first kappa shape index (κ1) is 26.5. The van der Waals surface area contributed by atoms with Crippen molar-refractivity contribution in [2.24, 2.45) is 0 Å². The molecule has 0 saturated heterocycles. The van der Waals surface area contributed by atoms with Crippen LogP contribution in [0.25, 0.3) is 0 Å². The molecule has 33 heavy (non-hydrogen) atoms. The first-order chi connectivity index (χ1) is 15.9. The number of hydrogen-bond donors (Lipinski definition) is 1. The molecule has 1 aromatic heterocycles. The van der Waals surface area contributed by atoms with Crippen LogP contribution in [-0.2, 0) is 13.0 Å². The van der Waals surface area contributed by atoms with Gasteiger partial charge in [0, 0.05) is 22.8 Å². The molecule has 3 rings (SSSR count). The third-order valence-corrected chi connectivity index (χ3v) is 6.00. The highest BCUT2D eigenvalue weighted by Gasteiger charge is 2.27. The third-order valence-electron chi connectivity index (χ3n) is 5.23. The summed E-state index contributed by atoms with van der Waals surface area (Å²) < 4.78 is 53.2. The number of anilines is 1. The number of nitrogens with one attached hydrogen (secondary N) is 1. The van der Waals surface area contributed by atoms with Gasteiger partial charge < -0.3 is 4.90 Å². The predicted molar refractivity (Wildman–Crippen MR) is 123 cm³/mol. The van der Waals surface area contributed by atoms with Crippen LogP contribution in [0, 0.1) is 30.0 Å². The Morgan fingerprint density at radius 3 is 2.48 bits per heavy atom. The monoisotopic (exact) mass is 478 g/mol.